The van der Waals surface area contributed by atoms with E-state index in [1.165, 1.54) is 25.7 Å². The first-order valence-corrected chi connectivity index (χ1v) is 7.62. The summed E-state index contributed by atoms with van der Waals surface area (Å²) in [6, 6.07) is 7.58. The Labute approximate surface area is 120 Å². The van der Waals surface area contributed by atoms with E-state index in [4.69, 9.17) is 4.74 Å². The number of hydrogen-bond acceptors (Lipinski definition) is 2. The molecule has 0 heterocycles. The fraction of sp³-hybridized carbons (Fsp3) is 0.588. The Morgan fingerprint density at radius 2 is 2.00 bits per heavy atom. The fourth-order valence-corrected chi connectivity index (χ4v) is 4.05. The van der Waals surface area contributed by atoms with Crippen molar-refractivity contribution in [2.75, 3.05) is 7.11 Å². The van der Waals surface area contributed by atoms with Crippen molar-refractivity contribution in [1.82, 2.24) is 5.32 Å². The summed E-state index contributed by atoms with van der Waals surface area (Å²) >= 11 is 0. The molecule has 108 valence electrons. The molecule has 20 heavy (non-hydrogen) atoms. The van der Waals surface area contributed by atoms with Crippen LogP contribution < -0.4 is 10.1 Å². The standard InChI is InChI=1S/C17H23NO2/c1-11(16-10-12-3-4-14(16)9-12)18-17(19)13-5-7-15(20-2)8-6-13/h5-8,11-12,14,16H,3-4,9-10H2,1-2H3,(H,18,19). The van der Waals surface area contributed by atoms with Crippen LogP contribution in [0.3, 0.4) is 0 Å². The van der Waals surface area contributed by atoms with Crippen molar-refractivity contribution in [2.24, 2.45) is 17.8 Å². The van der Waals surface area contributed by atoms with E-state index in [1.807, 2.05) is 24.3 Å². The lowest BCUT2D eigenvalue weighted by Crippen LogP contribution is -2.40. The summed E-state index contributed by atoms with van der Waals surface area (Å²) in [5.74, 6) is 3.25. The van der Waals surface area contributed by atoms with Gasteiger partial charge in [0.05, 0.1) is 7.11 Å². The summed E-state index contributed by atoms with van der Waals surface area (Å²) in [6.45, 7) is 2.16. The molecule has 1 aromatic rings. The zero-order chi connectivity index (χ0) is 14.1. The molecule has 1 aromatic carbocycles. The van der Waals surface area contributed by atoms with Crippen LogP contribution in [0.4, 0.5) is 0 Å². The second kappa shape index (κ2) is 5.47. The van der Waals surface area contributed by atoms with E-state index in [2.05, 4.69) is 12.2 Å². The van der Waals surface area contributed by atoms with Crippen molar-refractivity contribution in [3.8, 4) is 5.75 Å². The number of nitrogens with one attached hydrogen (secondary N) is 1. The number of carbonyl (C=O) groups is 1. The zero-order valence-electron chi connectivity index (χ0n) is 12.3. The van der Waals surface area contributed by atoms with Gasteiger partial charge in [0.15, 0.2) is 0 Å². The normalized spacial score (nSPS) is 29.2. The minimum atomic E-state index is 0.0305. The van der Waals surface area contributed by atoms with Crippen LogP contribution >= 0.6 is 0 Å². The molecule has 0 saturated heterocycles. The van der Waals surface area contributed by atoms with Gasteiger partial charge in [-0.15, -0.1) is 0 Å². The zero-order valence-corrected chi connectivity index (χ0v) is 12.3. The third kappa shape index (κ3) is 2.54. The second-order valence-corrected chi connectivity index (χ2v) is 6.33. The molecule has 2 aliphatic rings. The molecule has 0 aliphatic heterocycles. The number of amides is 1. The van der Waals surface area contributed by atoms with E-state index in [9.17, 15) is 4.79 Å². The lowest BCUT2D eigenvalue weighted by atomic mass is 9.84. The molecule has 2 fully saturated rings. The minimum absolute atomic E-state index is 0.0305. The lowest BCUT2D eigenvalue weighted by molar-refractivity contribution is 0.0915. The molecule has 3 heteroatoms. The van der Waals surface area contributed by atoms with Crippen molar-refractivity contribution in [2.45, 2.75) is 38.6 Å². The summed E-state index contributed by atoms with van der Waals surface area (Å²) in [5.41, 5.74) is 0.709. The van der Waals surface area contributed by atoms with Crippen molar-refractivity contribution >= 4 is 5.91 Å². The Hall–Kier alpha value is -1.51. The van der Waals surface area contributed by atoms with E-state index in [-0.39, 0.29) is 11.9 Å². The maximum Gasteiger partial charge on any atom is 0.251 e. The van der Waals surface area contributed by atoms with Gasteiger partial charge >= 0.3 is 0 Å². The quantitative estimate of drug-likeness (QED) is 0.914. The highest BCUT2D eigenvalue weighted by molar-refractivity contribution is 5.94. The molecule has 4 unspecified atom stereocenters. The topological polar surface area (TPSA) is 38.3 Å². The van der Waals surface area contributed by atoms with Gasteiger partial charge in [-0.05, 0) is 68.2 Å². The van der Waals surface area contributed by atoms with Gasteiger partial charge < -0.3 is 10.1 Å². The Bertz CT molecular complexity index is 482. The summed E-state index contributed by atoms with van der Waals surface area (Å²) in [7, 11) is 1.63. The van der Waals surface area contributed by atoms with Gasteiger partial charge in [-0.2, -0.15) is 0 Å². The largest absolute Gasteiger partial charge is 0.497 e. The average Bonchev–Trinajstić information content (AvgIpc) is 3.10. The maximum atomic E-state index is 12.3. The smallest absolute Gasteiger partial charge is 0.251 e. The van der Waals surface area contributed by atoms with Gasteiger partial charge in [-0.3, -0.25) is 4.79 Å². The van der Waals surface area contributed by atoms with Crippen LogP contribution in [0.25, 0.3) is 0 Å². The van der Waals surface area contributed by atoms with Crippen LogP contribution in [-0.2, 0) is 0 Å². The van der Waals surface area contributed by atoms with Gasteiger partial charge in [0.2, 0.25) is 0 Å². The highest BCUT2D eigenvalue weighted by Crippen LogP contribution is 2.49. The molecular formula is C17H23NO2. The number of fused-ring (bicyclic) bond motifs is 2. The molecule has 2 aliphatic carbocycles. The molecule has 2 saturated carbocycles. The van der Waals surface area contributed by atoms with Gasteiger partial charge in [0.25, 0.3) is 5.91 Å². The molecule has 1 amide bonds. The Morgan fingerprint density at radius 1 is 1.25 bits per heavy atom. The van der Waals surface area contributed by atoms with Gasteiger partial charge in [0, 0.05) is 11.6 Å². The van der Waals surface area contributed by atoms with Crippen molar-refractivity contribution < 1.29 is 9.53 Å². The van der Waals surface area contributed by atoms with Crippen LogP contribution in [0.1, 0.15) is 43.0 Å². The van der Waals surface area contributed by atoms with Crippen molar-refractivity contribution in [3.05, 3.63) is 29.8 Å². The highest BCUT2D eigenvalue weighted by Gasteiger charge is 2.42. The van der Waals surface area contributed by atoms with Gasteiger partial charge in [-0.25, -0.2) is 0 Å². The van der Waals surface area contributed by atoms with Crippen LogP contribution in [0.2, 0.25) is 0 Å². The van der Waals surface area contributed by atoms with Crippen LogP contribution in [0.5, 0.6) is 5.75 Å². The second-order valence-electron chi connectivity index (χ2n) is 6.33. The molecule has 0 spiro atoms. The number of rotatable bonds is 4. The Kier molecular flexibility index (Phi) is 3.68. The van der Waals surface area contributed by atoms with Gasteiger partial charge in [0.1, 0.15) is 5.75 Å². The predicted octanol–water partition coefficient (Wildman–Crippen LogP) is 3.25. The van der Waals surface area contributed by atoms with E-state index in [1.54, 1.807) is 7.11 Å². The van der Waals surface area contributed by atoms with Crippen LogP contribution in [-0.4, -0.2) is 19.1 Å². The molecule has 2 bridgehead atoms. The maximum absolute atomic E-state index is 12.3. The monoisotopic (exact) mass is 273 g/mol. The van der Waals surface area contributed by atoms with Gasteiger partial charge in [-0.1, -0.05) is 6.42 Å². The fourth-order valence-electron chi connectivity index (χ4n) is 4.05. The van der Waals surface area contributed by atoms with Crippen molar-refractivity contribution in [3.63, 3.8) is 0 Å². The third-order valence-corrected chi connectivity index (χ3v) is 5.15. The molecule has 3 nitrogen and oxygen atoms in total. The highest BCUT2D eigenvalue weighted by atomic mass is 16.5. The van der Waals surface area contributed by atoms with E-state index < -0.39 is 0 Å². The number of ether oxygens (including phenoxy) is 1. The average molecular weight is 273 g/mol. The summed E-state index contributed by atoms with van der Waals surface area (Å²) < 4.78 is 5.11. The molecule has 1 N–H and O–H groups in total. The Balaban J connectivity index is 1.60. The Morgan fingerprint density at radius 3 is 2.55 bits per heavy atom. The first-order valence-electron chi connectivity index (χ1n) is 7.62. The number of hydrogen-bond donors (Lipinski definition) is 1. The van der Waals surface area contributed by atoms with Crippen LogP contribution in [0.15, 0.2) is 24.3 Å². The first-order chi connectivity index (χ1) is 9.67. The summed E-state index contributed by atoms with van der Waals surface area (Å²) in [4.78, 5) is 12.3. The first kappa shape index (κ1) is 13.5. The molecule has 0 radical (unpaired) electrons. The number of methoxy groups -OCH3 is 1. The minimum Gasteiger partial charge on any atom is -0.497 e. The van der Waals surface area contributed by atoms with E-state index in [0.29, 0.717) is 11.5 Å². The van der Waals surface area contributed by atoms with Crippen molar-refractivity contribution in [1.29, 1.82) is 0 Å². The SMILES string of the molecule is COc1ccc(C(=O)NC(C)C2CC3CCC2C3)cc1. The van der Waals surface area contributed by atoms with E-state index in [0.717, 1.165) is 17.6 Å². The molecular weight excluding hydrogens is 250 g/mol. The number of benzene rings is 1. The third-order valence-electron chi connectivity index (χ3n) is 5.15. The van der Waals surface area contributed by atoms with E-state index >= 15 is 0 Å². The lowest BCUT2D eigenvalue weighted by Gasteiger charge is -2.28. The predicted molar refractivity (Wildman–Crippen MR) is 78.9 cm³/mol. The van der Waals surface area contributed by atoms with Crippen LogP contribution in [0, 0.1) is 17.8 Å². The number of carbonyl (C=O) groups excluding carboxylic acids is 1. The summed E-state index contributed by atoms with van der Waals surface area (Å²) in [6.07, 6.45) is 5.44. The molecule has 4 atom stereocenters. The summed E-state index contributed by atoms with van der Waals surface area (Å²) in [5, 5.41) is 3.18. The molecule has 3 rings (SSSR count). The molecule has 0 aromatic heterocycles.